The zero-order valence-electron chi connectivity index (χ0n) is 13.7. The molecule has 0 radical (unpaired) electrons. The summed E-state index contributed by atoms with van der Waals surface area (Å²) in [5, 5.41) is 9.93. The van der Waals surface area contributed by atoms with Gasteiger partial charge in [0.15, 0.2) is 5.58 Å². The average Bonchev–Trinajstić information content (AvgIpc) is 3.00. The highest BCUT2D eigenvalue weighted by molar-refractivity contribution is 6.34. The van der Waals surface area contributed by atoms with Crippen LogP contribution >= 0.6 is 23.2 Å². The Morgan fingerprint density at radius 1 is 1.35 bits per heavy atom. The van der Waals surface area contributed by atoms with Gasteiger partial charge in [0.1, 0.15) is 17.7 Å². The Hall–Kier alpha value is -2.55. The van der Waals surface area contributed by atoms with Crippen molar-refractivity contribution in [3.8, 4) is 5.88 Å². The summed E-state index contributed by atoms with van der Waals surface area (Å²) < 4.78 is 16.5. The van der Waals surface area contributed by atoms with Crippen molar-refractivity contribution >= 4 is 40.1 Å². The fraction of sp³-hybridized carbons (Fsp3) is 0.188. The maximum atomic E-state index is 12.7. The molecule has 10 heteroatoms. The molecule has 3 aromatic rings. The number of halogens is 2. The topological polar surface area (TPSA) is 99.1 Å². The van der Waals surface area contributed by atoms with Crippen molar-refractivity contribution in [3.63, 3.8) is 0 Å². The summed E-state index contributed by atoms with van der Waals surface area (Å²) in [5.74, 6) is 0.102. The molecule has 0 atom stereocenters. The molecular weight excluding hydrogens is 385 g/mol. The highest BCUT2D eigenvalue weighted by Gasteiger charge is 2.19. The van der Waals surface area contributed by atoms with Crippen LogP contribution in [0.25, 0.3) is 11.0 Å². The first-order valence-electron chi connectivity index (χ1n) is 7.24. The molecular formula is C16H13Cl2N3O5. The van der Waals surface area contributed by atoms with Gasteiger partial charge < -0.3 is 19.1 Å². The summed E-state index contributed by atoms with van der Waals surface area (Å²) in [4.78, 5) is 20.7. The van der Waals surface area contributed by atoms with Gasteiger partial charge in [-0.05, 0) is 6.07 Å². The van der Waals surface area contributed by atoms with Crippen LogP contribution in [0.1, 0.15) is 16.1 Å². The minimum atomic E-state index is -0.630. The minimum absolute atomic E-state index is 0.0123. The molecule has 0 spiro atoms. The zero-order valence-corrected chi connectivity index (χ0v) is 15.2. The summed E-state index contributed by atoms with van der Waals surface area (Å²) in [7, 11) is 2.97. The molecule has 3 rings (SSSR count). The Bertz CT molecular complexity index is 1030. The van der Waals surface area contributed by atoms with Crippen molar-refractivity contribution in [3.05, 3.63) is 51.4 Å². The van der Waals surface area contributed by atoms with Crippen LogP contribution in [0.2, 0.25) is 10.0 Å². The number of pyridine rings is 2. The van der Waals surface area contributed by atoms with Gasteiger partial charge in [0.25, 0.3) is 11.8 Å². The van der Waals surface area contributed by atoms with Gasteiger partial charge in [-0.1, -0.05) is 23.2 Å². The quantitative estimate of drug-likeness (QED) is 0.679. The van der Waals surface area contributed by atoms with Crippen LogP contribution in [0.5, 0.6) is 5.88 Å². The van der Waals surface area contributed by atoms with Crippen molar-refractivity contribution in [1.82, 2.24) is 9.71 Å². The van der Waals surface area contributed by atoms with E-state index in [1.807, 2.05) is 0 Å². The summed E-state index contributed by atoms with van der Waals surface area (Å²) >= 11 is 12.0. The summed E-state index contributed by atoms with van der Waals surface area (Å²) in [5.41, 5.74) is 0.485. The number of amides is 1. The number of rotatable bonds is 4. The molecule has 0 saturated heterocycles. The predicted octanol–water partition coefficient (Wildman–Crippen LogP) is 3.07. The lowest BCUT2D eigenvalue weighted by Crippen LogP contribution is -2.13. The highest BCUT2D eigenvalue weighted by Crippen LogP contribution is 2.30. The smallest absolute Gasteiger partial charge is 0.279 e. The Morgan fingerprint density at radius 2 is 2.04 bits per heavy atom. The molecule has 136 valence electrons. The first kappa shape index (κ1) is 18.2. The third-order valence-corrected chi connectivity index (χ3v) is 4.00. The number of nitrogens with zero attached hydrogens (tertiary/aromatic N) is 3. The van der Waals surface area contributed by atoms with E-state index in [1.54, 1.807) is 6.07 Å². The van der Waals surface area contributed by atoms with Crippen molar-refractivity contribution in [2.75, 3.05) is 14.2 Å². The Balaban J connectivity index is 2.16. The lowest BCUT2D eigenvalue weighted by molar-refractivity contribution is 0.0999. The third kappa shape index (κ3) is 3.39. The number of ether oxygens (including phenoxy) is 2. The van der Waals surface area contributed by atoms with E-state index < -0.39 is 5.91 Å². The van der Waals surface area contributed by atoms with Crippen LogP contribution in [-0.4, -0.2) is 35.0 Å². The van der Waals surface area contributed by atoms with E-state index >= 15 is 0 Å². The van der Waals surface area contributed by atoms with Gasteiger partial charge in [-0.15, -0.1) is 0 Å². The number of hydrogen-bond acceptors (Lipinski definition) is 6. The molecule has 26 heavy (non-hydrogen) atoms. The lowest BCUT2D eigenvalue weighted by atomic mass is 10.1. The van der Waals surface area contributed by atoms with Crippen molar-refractivity contribution < 1.29 is 23.9 Å². The van der Waals surface area contributed by atoms with Crippen molar-refractivity contribution in [2.24, 2.45) is 4.99 Å². The average molecular weight is 398 g/mol. The lowest BCUT2D eigenvalue weighted by Gasteiger charge is -2.03. The molecule has 0 saturated carbocycles. The van der Waals surface area contributed by atoms with Crippen LogP contribution in [0.3, 0.4) is 0 Å². The van der Waals surface area contributed by atoms with Crippen molar-refractivity contribution in [2.45, 2.75) is 6.61 Å². The monoisotopic (exact) mass is 397 g/mol. The SMILES string of the molecule is COCc1cc2c(C(=O)N=c3c(Cl)cn(O)cc3Cl)cnc(OC)c2o1. The fourth-order valence-electron chi connectivity index (χ4n) is 2.36. The van der Waals surface area contributed by atoms with Gasteiger partial charge in [0, 0.05) is 18.7 Å². The van der Waals surface area contributed by atoms with E-state index in [4.69, 9.17) is 37.1 Å². The number of methoxy groups -OCH3 is 2. The largest absolute Gasteiger partial charge is 0.478 e. The molecule has 1 amide bonds. The van der Waals surface area contributed by atoms with Gasteiger partial charge in [-0.25, -0.2) is 9.98 Å². The van der Waals surface area contributed by atoms with Crippen LogP contribution in [0.4, 0.5) is 0 Å². The summed E-state index contributed by atoms with van der Waals surface area (Å²) in [6, 6.07) is 1.65. The van der Waals surface area contributed by atoms with Crippen LogP contribution in [0.15, 0.2) is 34.1 Å². The second-order valence-electron chi connectivity index (χ2n) is 5.17. The predicted molar refractivity (Wildman–Crippen MR) is 92.8 cm³/mol. The first-order valence-corrected chi connectivity index (χ1v) is 8.00. The third-order valence-electron chi connectivity index (χ3n) is 3.45. The standard InChI is InChI=1S/C16H13Cl2N3O5/c1-24-7-8-3-9-10(4-19-16(25-2)14(9)26-8)15(22)20-13-11(17)5-21(23)6-12(13)18/h3-6,23H,7H2,1-2H3. The molecule has 0 aliphatic carbocycles. The number of hydrogen-bond donors (Lipinski definition) is 1. The van der Waals surface area contributed by atoms with Gasteiger partial charge >= 0.3 is 0 Å². The molecule has 8 nitrogen and oxygen atoms in total. The number of carbonyl (C=O) groups excluding carboxylic acids is 1. The minimum Gasteiger partial charge on any atom is -0.478 e. The second kappa shape index (κ2) is 7.36. The zero-order chi connectivity index (χ0) is 18.8. The maximum Gasteiger partial charge on any atom is 0.279 e. The fourth-order valence-corrected chi connectivity index (χ4v) is 2.89. The number of carbonyl (C=O) groups is 1. The number of fused-ring (bicyclic) bond motifs is 1. The Morgan fingerprint density at radius 3 is 2.65 bits per heavy atom. The molecule has 3 heterocycles. The van der Waals surface area contributed by atoms with Gasteiger partial charge in [-0.2, -0.15) is 4.73 Å². The molecule has 0 fully saturated rings. The Kier molecular flexibility index (Phi) is 5.17. The molecule has 0 aliphatic rings. The van der Waals surface area contributed by atoms with Gasteiger partial charge in [0.2, 0.25) is 0 Å². The molecule has 0 aliphatic heterocycles. The summed E-state index contributed by atoms with van der Waals surface area (Å²) in [6.45, 7) is 0.218. The van der Waals surface area contributed by atoms with E-state index in [9.17, 15) is 10.0 Å². The van der Waals surface area contributed by atoms with Gasteiger partial charge in [-0.3, -0.25) is 4.79 Å². The molecule has 0 bridgehead atoms. The normalized spacial score (nSPS) is 10.9. The first-order chi connectivity index (χ1) is 12.4. The number of furan rings is 1. The highest BCUT2D eigenvalue weighted by atomic mass is 35.5. The van der Waals surface area contributed by atoms with Crippen LogP contribution in [-0.2, 0) is 11.3 Å². The van der Waals surface area contributed by atoms with E-state index in [1.165, 1.54) is 20.4 Å². The number of aromatic nitrogens is 2. The van der Waals surface area contributed by atoms with E-state index in [-0.39, 0.29) is 33.5 Å². The van der Waals surface area contributed by atoms with Crippen LogP contribution in [0, 0.1) is 0 Å². The summed E-state index contributed by atoms with van der Waals surface area (Å²) in [6.07, 6.45) is 3.65. The van der Waals surface area contributed by atoms with Crippen LogP contribution < -0.4 is 10.1 Å². The Labute approximate surface area is 157 Å². The maximum absolute atomic E-state index is 12.7. The molecule has 0 unspecified atom stereocenters. The van der Waals surface area contributed by atoms with Gasteiger partial charge in [0.05, 0.1) is 35.1 Å². The molecule has 3 aromatic heterocycles. The van der Waals surface area contributed by atoms with E-state index in [0.717, 1.165) is 12.4 Å². The molecule has 1 N–H and O–H groups in total. The second-order valence-corrected chi connectivity index (χ2v) is 5.98. The van der Waals surface area contributed by atoms with Crippen molar-refractivity contribution in [1.29, 1.82) is 0 Å². The van der Waals surface area contributed by atoms with E-state index in [2.05, 4.69) is 9.98 Å². The van der Waals surface area contributed by atoms with E-state index in [0.29, 0.717) is 21.5 Å². The molecule has 0 aromatic carbocycles.